The first-order valence-corrected chi connectivity index (χ1v) is 14.2. The van der Waals surface area contributed by atoms with Crippen molar-refractivity contribution in [3.8, 4) is 0 Å². The van der Waals surface area contributed by atoms with Gasteiger partial charge in [-0.2, -0.15) is 0 Å². The number of fused-ring (bicyclic) bond motifs is 2. The summed E-state index contributed by atoms with van der Waals surface area (Å²) in [6, 6.07) is 15.0. The predicted octanol–water partition coefficient (Wildman–Crippen LogP) is 1.90. The van der Waals surface area contributed by atoms with Gasteiger partial charge in [0.1, 0.15) is 11.4 Å². The van der Waals surface area contributed by atoms with E-state index in [2.05, 4.69) is 19.9 Å². The van der Waals surface area contributed by atoms with Gasteiger partial charge in [-0.15, -0.1) is 0 Å². The zero-order valence-corrected chi connectivity index (χ0v) is 24.5. The first-order chi connectivity index (χ1) is 21.0. The van der Waals surface area contributed by atoms with Crippen LogP contribution in [0, 0.1) is 0 Å². The Hall–Kier alpha value is -5.45. The Labute approximate surface area is 251 Å². The molecule has 0 fully saturated rings. The molecule has 0 amide bonds. The summed E-state index contributed by atoms with van der Waals surface area (Å²) >= 11 is 0. The van der Waals surface area contributed by atoms with Crippen LogP contribution in [0.5, 0.6) is 0 Å². The number of carbonyl (C=O) groups excluding carboxylic acids is 1. The molecule has 0 spiro atoms. The van der Waals surface area contributed by atoms with Gasteiger partial charge in [0, 0.05) is 21.6 Å². The van der Waals surface area contributed by atoms with Crippen molar-refractivity contribution in [2.45, 2.75) is 51.6 Å². The molecule has 11 heteroatoms. The number of ketones is 1. The second-order valence-electron chi connectivity index (χ2n) is 11.1. The van der Waals surface area contributed by atoms with E-state index >= 15 is 0 Å². The average molecular weight is 589 g/mol. The molecule has 0 radical (unpaired) electrons. The van der Waals surface area contributed by atoms with Crippen LogP contribution in [0.4, 0.5) is 0 Å². The summed E-state index contributed by atoms with van der Waals surface area (Å²) in [6.07, 6.45) is 3.81. The number of carboxylic acid groups (broad SMARTS) is 2. The Morgan fingerprint density at radius 1 is 0.636 bits per heavy atom. The molecule has 44 heavy (non-hydrogen) atoms. The van der Waals surface area contributed by atoms with Crippen LogP contribution in [0.2, 0.25) is 0 Å². The first kappa shape index (κ1) is 28.7. The van der Waals surface area contributed by atoms with Crippen LogP contribution in [-0.4, -0.2) is 58.9 Å². The fraction of sp³-hybridized carbons (Fsp3) is 0.242. The summed E-state index contributed by atoms with van der Waals surface area (Å²) in [4.78, 5) is 65.8. The highest BCUT2D eigenvalue weighted by molar-refractivity contribution is 6.15. The van der Waals surface area contributed by atoms with Crippen LogP contribution in [0.3, 0.4) is 0 Å². The number of benzene rings is 2. The standard InChI is InChI=1S/C33H28N6O5/c1-5-32(3)23(17-11-7-9-13-19(17)38-32)21-15-34-27(30(41)42)25(36-21)29(40)26-28(31(43)44)35-16-22(37-26)24-18-12-8-10-14-20(18)39-33(24,4)6-2/h7-16H,5-6H2,1-4H3,(H,41,42)(H,43,44). The third kappa shape index (κ3) is 4.39. The lowest BCUT2D eigenvalue weighted by molar-refractivity contribution is 0.0680. The number of carboxylic acids is 2. The molecule has 0 aliphatic carbocycles. The second-order valence-corrected chi connectivity index (χ2v) is 11.1. The molecule has 0 bridgehead atoms. The van der Waals surface area contributed by atoms with Crippen molar-refractivity contribution in [1.29, 1.82) is 0 Å². The van der Waals surface area contributed by atoms with Crippen molar-refractivity contribution >= 4 is 28.9 Å². The average Bonchev–Trinajstić information content (AvgIpc) is 3.50. The van der Waals surface area contributed by atoms with Gasteiger partial charge in [0.2, 0.25) is 5.78 Å². The summed E-state index contributed by atoms with van der Waals surface area (Å²) in [6.45, 7) is 7.80. The van der Waals surface area contributed by atoms with Crippen molar-refractivity contribution < 1.29 is 24.6 Å². The van der Waals surface area contributed by atoms with Crippen molar-refractivity contribution in [2.24, 2.45) is 9.98 Å². The van der Waals surface area contributed by atoms with Crippen LogP contribution in [-0.2, 0) is 0 Å². The van der Waals surface area contributed by atoms with E-state index in [1.54, 1.807) is 0 Å². The molecule has 4 aromatic rings. The van der Waals surface area contributed by atoms with Gasteiger partial charge in [-0.05, 0) is 38.8 Å². The molecule has 0 saturated heterocycles. The summed E-state index contributed by atoms with van der Waals surface area (Å²) in [5.41, 5.74) is -1.88. The quantitative estimate of drug-likeness (QED) is 0.292. The van der Waals surface area contributed by atoms with Crippen LogP contribution in [0.1, 0.15) is 89.1 Å². The molecule has 2 atom stereocenters. The molecule has 2 aliphatic rings. The fourth-order valence-electron chi connectivity index (χ4n) is 5.89. The van der Waals surface area contributed by atoms with Gasteiger partial charge in [0.05, 0.1) is 45.6 Å². The molecule has 11 nitrogen and oxygen atoms in total. The van der Waals surface area contributed by atoms with Gasteiger partial charge in [0.25, 0.3) is 0 Å². The number of hydrogen-bond acceptors (Lipinski definition) is 9. The van der Waals surface area contributed by atoms with Gasteiger partial charge in [-0.3, -0.25) is 14.8 Å². The third-order valence-corrected chi connectivity index (χ3v) is 8.43. The van der Waals surface area contributed by atoms with Gasteiger partial charge in [-0.1, -0.05) is 50.2 Å². The number of para-hydroxylation sites is 2. The van der Waals surface area contributed by atoms with E-state index in [1.807, 2.05) is 76.2 Å². The summed E-state index contributed by atoms with van der Waals surface area (Å²) < 4.78 is 0. The molecule has 2 aliphatic heterocycles. The maximum absolute atomic E-state index is 14.2. The first-order valence-electron chi connectivity index (χ1n) is 14.2. The van der Waals surface area contributed by atoms with E-state index < -0.39 is 51.6 Å². The molecule has 6 rings (SSSR count). The Kier molecular flexibility index (Phi) is 6.75. The highest BCUT2D eigenvalue weighted by Gasteiger charge is 2.37. The van der Waals surface area contributed by atoms with Crippen LogP contribution < -0.4 is 21.2 Å². The largest absolute Gasteiger partial charge is 0.476 e. The second kappa shape index (κ2) is 10.4. The maximum atomic E-state index is 14.2. The Balaban J connectivity index is 1.59. The minimum atomic E-state index is -1.50. The van der Waals surface area contributed by atoms with E-state index in [4.69, 9.17) is 9.98 Å². The van der Waals surface area contributed by atoms with Crippen molar-refractivity contribution in [3.05, 3.63) is 116 Å². The lowest BCUT2D eigenvalue weighted by Gasteiger charge is -2.24. The number of nitrogens with zero attached hydrogens (tertiary/aromatic N) is 6. The van der Waals surface area contributed by atoms with Crippen molar-refractivity contribution in [2.75, 3.05) is 0 Å². The van der Waals surface area contributed by atoms with E-state index in [0.717, 1.165) is 21.2 Å². The molecule has 4 heterocycles. The smallest absolute Gasteiger partial charge is 0.356 e. The lowest BCUT2D eigenvalue weighted by Crippen LogP contribution is -2.29. The normalized spacial score (nSPS) is 20.0. The number of aromatic carboxylic acids is 2. The Morgan fingerprint density at radius 2 is 1.02 bits per heavy atom. The van der Waals surface area contributed by atoms with Gasteiger partial charge in [-0.25, -0.2) is 29.5 Å². The minimum absolute atomic E-state index is 0.258. The number of carbonyl (C=O) groups is 3. The SMILES string of the molecule is CCC1(C)N=c2ccccc2=C1c1cnc(C(=O)O)c(C(=O)c2nc(C3=c4ccccc4=NC3(C)CC)cnc2C(=O)O)n1. The molecular weight excluding hydrogens is 560 g/mol. The number of rotatable bonds is 8. The van der Waals surface area contributed by atoms with E-state index in [-0.39, 0.29) is 11.4 Å². The maximum Gasteiger partial charge on any atom is 0.356 e. The molecule has 2 N–H and O–H groups in total. The van der Waals surface area contributed by atoms with Crippen molar-refractivity contribution in [1.82, 2.24) is 19.9 Å². The zero-order valence-electron chi connectivity index (χ0n) is 24.5. The Bertz CT molecular complexity index is 2030. The number of aromatic nitrogens is 4. The van der Waals surface area contributed by atoms with Crippen molar-refractivity contribution in [3.63, 3.8) is 0 Å². The van der Waals surface area contributed by atoms with E-state index in [9.17, 15) is 24.6 Å². The van der Waals surface area contributed by atoms with Gasteiger partial charge in [0.15, 0.2) is 11.4 Å². The topological polar surface area (TPSA) is 168 Å². The molecular formula is C33H28N6O5. The lowest BCUT2D eigenvalue weighted by atomic mass is 9.87. The third-order valence-electron chi connectivity index (χ3n) is 8.43. The summed E-state index contributed by atoms with van der Waals surface area (Å²) in [5.74, 6) is -4.01. The predicted molar refractivity (Wildman–Crippen MR) is 158 cm³/mol. The van der Waals surface area contributed by atoms with E-state index in [1.165, 1.54) is 12.4 Å². The highest BCUT2D eigenvalue weighted by Crippen LogP contribution is 2.33. The van der Waals surface area contributed by atoms with Gasteiger partial charge < -0.3 is 10.2 Å². The Morgan fingerprint density at radius 3 is 1.39 bits per heavy atom. The number of hydrogen-bond donors (Lipinski definition) is 2. The van der Waals surface area contributed by atoms with Crippen LogP contribution in [0.15, 0.2) is 70.9 Å². The highest BCUT2D eigenvalue weighted by atomic mass is 16.4. The zero-order chi connectivity index (χ0) is 31.4. The molecule has 2 unspecified atom stereocenters. The molecule has 2 aromatic heterocycles. The van der Waals surface area contributed by atoms with Crippen LogP contribution in [0.25, 0.3) is 11.1 Å². The minimum Gasteiger partial charge on any atom is -0.476 e. The van der Waals surface area contributed by atoms with Gasteiger partial charge >= 0.3 is 11.9 Å². The summed E-state index contributed by atoms with van der Waals surface area (Å²) in [5, 5.41) is 23.1. The van der Waals surface area contributed by atoms with E-state index in [0.29, 0.717) is 24.0 Å². The fourth-order valence-corrected chi connectivity index (χ4v) is 5.89. The molecule has 2 aromatic carbocycles. The summed E-state index contributed by atoms with van der Waals surface area (Å²) in [7, 11) is 0. The molecule has 0 saturated carbocycles. The monoisotopic (exact) mass is 588 g/mol. The molecule has 220 valence electrons. The van der Waals surface area contributed by atoms with Crippen LogP contribution >= 0.6 is 0 Å².